The van der Waals surface area contributed by atoms with Gasteiger partial charge in [0.05, 0.1) is 5.69 Å². The SMILES string of the molecule is CCc1cc(N2CCC(N(C)C)C2)n2nc(C)c(C)c2n1. The molecule has 1 aliphatic heterocycles. The lowest BCUT2D eigenvalue weighted by molar-refractivity contribution is 0.315. The maximum absolute atomic E-state index is 4.76. The molecule has 0 radical (unpaired) electrons. The molecule has 114 valence electrons. The van der Waals surface area contributed by atoms with Crippen LogP contribution in [0.4, 0.5) is 5.82 Å². The second-order valence-electron chi connectivity index (χ2n) is 6.26. The first-order valence-electron chi connectivity index (χ1n) is 7.78. The summed E-state index contributed by atoms with van der Waals surface area (Å²) in [6, 6.07) is 2.83. The summed E-state index contributed by atoms with van der Waals surface area (Å²) >= 11 is 0. The van der Waals surface area contributed by atoms with Gasteiger partial charge in [0.1, 0.15) is 5.82 Å². The van der Waals surface area contributed by atoms with Crippen LogP contribution in [-0.4, -0.2) is 52.7 Å². The average Bonchev–Trinajstić information content (AvgIpc) is 3.05. The Balaban J connectivity index is 2.07. The molecule has 1 atom stereocenters. The van der Waals surface area contributed by atoms with Crippen molar-refractivity contribution in [1.29, 1.82) is 0 Å². The van der Waals surface area contributed by atoms with Gasteiger partial charge in [0.15, 0.2) is 5.65 Å². The smallest absolute Gasteiger partial charge is 0.160 e. The van der Waals surface area contributed by atoms with E-state index in [0.717, 1.165) is 36.5 Å². The Labute approximate surface area is 126 Å². The molecule has 1 unspecified atom stereocenters. The Kier molecular flexibility index (Phi) is 3.61. The molecule has 0 N–H and O–H groups in total. The van der Waals surface area contributed by atoms with Crippen molar-refractivity contribution < 1.29 is 0 Å². The Morgan fingerprint density at radius 3 is 2.71 bits per heavy atom. The van der Waals surface area contributed by atoms with Crippen molar-refractivity contribution in [3.63, 3.8) is 0 Å². The molecule has 21 heavy (non-hydrogen) atoms. The molecule has 5 nitrogen and oxygen atoms in total. The summed E-state index contributed by atoms with van der Waals surface area (Å²) in [4.78, 5) is 9.53. The van der Waals surface area contributed by atoms with Gasteiger partial charge in [0, 0.05) is 36.5 Å². The lowest BCUT2D eigenvalue weighted by Gasteiger charge is -2.22. The summed E-state index contributed by atoms with van der Waals surface area (Å²) in [5.74, 6) is 1.19. The Morgan fingerprint density at radius 1 is 1.33 bits per heavy atom. The number of aromatic nitrogens is 3. The van der Waals surface area contributed by atoms with E-state index in [9.17, 15) is 0 Å². The first-order valence-corrected chi connectivity index (χ1v) is 7.78. The second kappa shape index (κ2) is 5.30. The molecule has 0 aromatic carbocycles. The van der Waals surface area contributed by atoms with Crippen LogP contribution in [0, 0.1) is 13.8 Å². The van der Waals surface area contributed by atoms with Crippen LogP contribution in [0.2, 0.25) is 0 Å². The van der Waals surface area contributed by atoms with Crippen LogP contribution in [0.5, 0.6) is 0 Å². The third-order valence-corrected chi connectivity index (χ3v) is 4.67. The number of hydrogen-bond acceptors (Lipinski definition) is 4. The van der Waals surface area contributed by atoms with E-state index >= 15 is 0 Å². The predicted octanol–water partition coefficient (Wildman–Crippen LogP) is 2.05. The van der Waals surface area contributed by atoms with Crippen LogP contribution < -0.4 is 4.90 Å². The molecular formula is C16H25N5. The molecular weight excluding hydrogens is 262 g/mol. The van der Waals surface area contributed by atoms with Crippen molar-refractivity contribution in [2.45, 2.75) is 39.7 Å². The lowest BCUT2D eigenvalue weighted by atomic mass is 10.2. The summed E-state index contributed by atoms with van der Waals surface area (Å²) in [6.45, 7) is 8.48. The van der Waals surface area contributed by atoms with Crippen LogP contribution in [0.3, 0.4) is 0 Å². The zero-order chi connectivity index (χ0) is 15.1. The van der Waals surface area contributed by atoms with Gasteiger partial charge in [-0.3, -0.25) is 0 Å². The van der Waals surface area contributed by atoms with Crippen molar-refractivity contribution >= 4 is 11.5 Å². The van der Waals surface area contributed by atoms with E-state index in [-0.39, 0.29) is 0 Å². The van der Waals surface area contributed by atoms with Gasteiger partial charge in [0.25, 0.3) is 0 Å². The lowest BCUT2D eigenvalue weighted by Crippen LogP contribution is -2.32. The molecule has 0 spiro atoms. The van der Waals surface area contributed by atoms with Crippen molar-refractivity contribution in [1.82, 2.24) is 19.5 Å². The van der Waals surface area contributed by atoms with Gasteiger partial charge < -0.3 is 9.80 Å². The van der Waals surface area contributed by atoms with Gasteiger partial charge >= 0.3 is 0 Å². The van der Waals surface area contributed by atoms with Gasteiger partial charge in [-0.25, -0.2) is 4.98 Å². The molecule has 1 fully saturated rings. The van der Waals surface area contributed by atoms with Crippen molar-refractivity contribution in [3.8, 4) is 0 Å². The predicted molar refractivity (Wildman–Crippen MR) is 86.1 cm³/mol. The number of aryl methyl sites for hydroxylation is 3. The summed E-state index contributed by atoms with van der Waals surface area (Å²) < 4.78 is 2.03. The zero-order valence-corrected chi connectivity index (χ0v) is 13.7. The van der Waals surface area contributed by atoms with Gasteiger partial charge in [-0.05, 0) is 40.8 Å². The first-order chi connectivity index (χ1) is 10.0. The normalized spacial score (nSPS) is 19.1. The molecule has 2 aromatic heterocycles. The van der Waals surface area contributed by atoms with E-state index < -0.39 is 0 Å². The topological polar surface area (TPSA) is 36.7 Å². The number of likely N-dealkylation sites (N-methyl/N-ethyl adjacent to an activating group) is 1. The van der Waals surface area contributed by atoms with Crippen LogP contribution >= 0.6 is 0 Å². The van der Waals surface area contributed by atoms with Crippen molar-refractivity contribution in [3.05, 3.63) is 23.0 Å². The number of rotatable bonds is 3. The summed E-state index contributed by atoms with van der Waals surface area (Å²) in [5, 5.41) is 4.70. The average molecular weight is 287 g/mol. The fraction of sp³-hybridized carbons (Fsp3) is 0.625. The molecule has 2 aromatic rings. The Bertz CT molecular complexity index is 658. The number of anilines is 1. The third kappa shape index (κ3) is 2.39. The van der Waals surface area contributed by atoms with Crippen LogP contribution in [0.15, 0.2) is 6.07 Å². The molecule has 5 heteroatoms. The number of nitrogens with zero attached hydrogens (tertiary/aromatic N) is 5. The number of fused-ring (bicyclic) bond motifs is 1. The van der Waals surface area contributed by atoms with E-state index in [2.05, 4.69) is 50.7 Å². The Hall–Kier alpha value is -1.62. The second-order valence-corrected chi connectivity index (χ2v) is 6.26. The van der Waals surface area contributed by atoms with Crippen LogP contribution in [0.1, 0.15) is 30.3 Å². The van der Waals surface area contributed by atoms with E-state index in [0.29, 0.717) is 6.04 Å². The van der Waals surface area contributed by atoms with E-state index in [1.54, 1.807) is 0 Å². The third-order valence-electron chi connectivity index (χ3n) is 4.67. The highest BCUT2D eigenvalue weighted by Gasteiger charge is 2.26. The van der Waals surface area contributed by atoms with E-state index in [4.69, 9.17) is 10.1 Å². The minimum Gasteiger partial charge on any atom is -0.355 e. The highest BCUT2D eigenvalue weighted by molar-refractivity contribution is 5.57. The van der Waals surface area contributed by atoms with Gasteiger partial charge in [-0.1, -0.05) is 6.92 Å². The van der Waals surface area contributed by atoms with E-state index in [1.165, 1.54) is 17.8 Å². The maximum Gasteiger partial charge on any atom is 0.160 e. The highest BCUT2D eigenvalue weighted by atomic mass is 15.4. The summed E-state index contributed by atoms with van der Waals surface area (Å²) in [5.41, 5.74) is 4.42. The molecule has 0 amide bonds. The van der Waals surface area contributed by atoms with Gasteiger partial charge in [-0.15, -0.1) is 0 Å². The standard InChI is InChI=1S/C16H25N5/c1-6-13-9-15(20-8-7-14(10-20)19(4)5)21-16(17-13)11(2)12(3)18-21/h9,14H,6-8,10H2,1-5H3. The molecule has 3 heterocycles. The molecule has 0 bridgehead atoms. The maximum atomic E-state index is 4.76. The largest absolute Gasteiger partial charge is 0.355 e. The van der Waals surface area contributed by atoms with Gasteiger partial charge in [0.2, 0.25) is 0 Å². The van der Waals surface area contributed by atoms with Crippen LogP contribution in [-0.2, 0) is 6.42 Å². The van der Waals surface area contributed by atoms with Crippen molar-refractivity contribution in [2.24, 2.45) is 0 Å². The fourth-order valence-corrected chi connectivity index (χ4v) is 3.04. The van der Waals surface area contributed by atoms with Crippen molar-refractivity contribution in [2.75, 3.05) is 32.1 Å². The summed E-state index contributed by atoms with van der Waals surface area (Å²) in [6.07, 6.45) is 2.16. The molecule has 3 rings (SSSR count). The molecule has 1 aliphatic rings. The fourth-order valence-electron chi connectivity index (χ4n) is 3.04. The highest BCUT2D eigenvalue weighted by Crippen LogP contribution is 2.25. The Morgan fingerprint density at radius 2 is 2.10 bits per heavy atom. The molecule has 1 saturated heterocycles. The monoisotopic (exact) mass is 287 g/mol. The van der Waals surface area contributed by atoms with E-state index in [1.807, 2.05) is 4.52 Å². The first kappa shape index (κ1) is 14.3. The minimum atomic E-state index is 0.621. The number of hydrogen-bond donors (Lipinski definition) is 0. The summed E-state index contributed by atoms with van der Waals surface area (Å²) in [7, 11) is 4.33. The minimum absolute atomic E-state index is 0.621. The zero-order valence-electron chi connectivity index (χ0n) is 13.7. The van der Waals surface area contributed by atoms with Crippen LogP contribution in [0.25, 0.3) is 5.65 Å². The van der Waals surface area contributed by atoms with Gasteiger partial charge in [-0.2, -0.15) is 9.61 Å². The molecule has 0 aliphatic carbocycles. The quantitative estimate of drug-likeness (QED) is 0.866. The molecule has 0 saturated carbocycles.